The first-order valence-electron chi connectivity index (χ1n) is 10.7. The van der Waals surface area contributed by atoms with Gasteiger partial charge in [0, 0.05) is 11.8 Å². The predicted octanol–water partition coefficient (Wildman–Crippen LogP) is 4.02. The van der Waals surface area contributed by atoms with E-state index in [-0.39, 0.29) is 34.3 Å². The number of hydrogen-bond acceptors (Lipinski definition) is 6. The minimum Gasteiger partial charge on any atom is -0.485 e. The minimum atomic E-state index is -1.35. The van der Waals surface area contributed by atoms with E-state index in [1.807, 2.05) is 0 Å². The summed E-state index contributed by atoms with van der Waals surface area (Å²) >= 11 is 0. The summed E-state index contributed by atoms with van der Waals surface area (Å²) in [7, 11) is 0. The Bertz CT molecular complexity index is 1600. The molecule has 5 rings (SSSR count). The van der Waals surface area contributed by atoms with Gasteiger partial charge in [0.05, 0.1) is 16.7 Å². The molecule has 3 aromatic heterocycles. The molecule has 0 fully saturated rings. The number of amides is 1. The van der Waals surface area contributed by atoms with Crippen molar-refractivity contribution in [3.63, 3.8) is 0 Å². The maximum Gasteiger partial charge on any atom is 0.355 e. The molecule has 184 valence electrons. The van der Waals surface area contributed by atoms with Gasteiger partial charge in [0.2, 0.25) is 5.91 Å². The SMILES string of the molecule is Cc1nc2c(OCc3c(F)ccc(F)c3F)cccn2c1-c1nc2c(c(C(=O)O)n1)C(C)(C)C(=O)N2. The fraction of sp³-hybridized carbons (Fsp3) is 0.208. The average molecular weight is 497 g/mol. The molecule has 0 unspecified atom stereocenters. The summed E-state index contributed by atoms with van der Waals surface area (Å²) in [5, 5.41) is 12.4. The van der Waals surface area contributed by atoms with E-state index in [9.17, 15) is 27.9 Å². The highest BCUT2D eigenvalue weighted by Crippen LogP contribution is 2.39. The largest absolute Gasteiger partial charge is 0.485 e. The van der Waals surface area contributed by atoms with Crippen molar-refractivity contribution in [3.05, 3.63) is 70.4 Å². The smallest absolute Gasteiger partial charge is 0.355 e. The zero-order valence-corrected chi connectivity index (χ0v) is 19.2. The zero-order chi connectivity index (χ0) is 25.9. The molecule has 0 saturated carbocycles. The summed E-state index contributed by atoms with van der Waals surface area (Å²) < 4.78 is 48.7. The number of aromatic nitrogens is 4. The van der Waals surface area contributed by atoms with Gasteiger partial charge in [0.1, 0.15) is 23.9 Å². The van der Waals surface area contributed by atoms with Gasteiger partial charge >= 0.3 is 5.97 Å². The van der Waals surface area contributed by atoms with Gasteiger partial charge in [-0.1, -0.05) is 0 Å². The number of pyridine rings is 1. The summed E-state index contributed by atoms with van der Waals surface area (Å²) in [5.41, 5.74) is -0.912. The van der Waals surface area contributed by atoms with Gasteiger partial charge in [0.15, 0.2) is 34.5 Å². The van der Waals surface area contributed by atoms with Gasteiger partial charge in [-0.15, -0.1) is 0 Å². The number of carboxylic acids is 1. The number of fused-ring (bicyclic) bond motifs is 2. The summed E-state index contributed by atoms with van der Waals surface area (Å²) in [6.45, 7) is 4.20. The molecule has 1 amide bonds. The standard InChI is InChI=1S/C24H18F3N5O4/c1-10-18(20-29-17(22(33)34)15-19(30-20)31-23(35)24(15,2)3)32-8-4-5-14(21(32)28-10)36-9-11-12(25)6-7-13(26)16(11)27/h4-8H,9H2,1-3H3,(H,33,34)(H,29,30,31,35). The molecule has 9 nitrogen and oxygen atoms in total. The first-order valence-corrected chi connectivity index (χ1v) is 10.7. The van der Waals surface area contributed by atoms with Crippen molar-refractivity contribution in [2.24, 2.45) is 0 Å². The van der Waals surface area contributed by atoms with Crippen LogP contribution in [0.5, 0.6) is 5.75 Å². The first kappa shape index (κ1) is 23.3. The van der Waals surface area contributed by atoms with E-state index in [0.29, 0.717) is 17.5 Å². The van der Waals surface area contributed by atoms with Crippen molar-refractivity contribution in [2.45, 2.75) is 32.8 Å². The molecule has 0 radical (unpaired) electrons. The number of ether oxygens (including phenoxy) is 1. The molecule has 0 aliphatic carbocycles. The third kappa shape index (κ3) is 3.44. The second-order valence-corrected chi connectivity index (χ2v) is 8.73. The Morgan fingerprint density at radius 3 is 2.58 bits per heavy atom. The number of nitrogens with one attached hydrogen (secondary N) is 1. The Balaban J connectivity index is 1.61. The summed E-state index contributed by atoms with van der Waals surface area (Å²) in [5.74, 6) is -5.03. The zero-order valence-electron chi connectivity index (χ0n) is 19.2. The molecule has 4 aromatic rings. The number of rotatable bonds is 5. The van der Waals surface area contributed by atoms with Crippen molar-refractivity contribution in [1.82, 2.24) is 19.4 Å². The highest BCUT2D eigenvalue weighted by Gasteiger charge is 2.44. The molecule has 0 bridgehead atoms. The second-order valence-electron chi connectivity index (χ2n) is 8.73. The summed E-state index contributed by atoms with van der Waals surface area (Å²) in [6, 6.07) is 4.57. The lowest BCUT2D eigenvalue weighted by Crippen LogP contribution is -2.28. The first-order chi connectivity index (χ1) is 17.0. The van der Waals surface area contributed by atoms with Crippen LogP contribution in [0.4, 0.5) is 19.0 Å². The third-order valence-electron chi connectivity index (χ3n) is 6.05. The van der Waals surface area contributed by atoms with Crippen LogP contribution in [0, 0.1) is 24.4 Å². The Morgan fingerprint density at radius 1 is 1.14 bits per heavy atom. The van der Waals surface area contributed by atoms with Gasteiger partial charge in [-0.3, -0.25) is 9.20 Å². The van der Waals surface area contributed by atoms with E-state index in [0.717, 1.165) is 6.07 Å². The van der Waals surface area contributed by atoms with Crippen LogP contribution >= 0.6 is 0 Å². The summed E-state index contributed by atoms with van der Waals surface area (Å²) in [4.78, 5) is 37.5. The van der Waals surface area contributed by atoms with Gasteiger partial charge in [0.25, 0.3) is 0 Å². The van der Waals surface area contributed by atoms with Crippen molar-refractivity contribution in [3.8, 4) is 17.3 Å². The van der Waals surface area contributed by atoms with Gasteiger partial charge < -0.3 is 15.2 Å². The lowest BCUT2D eigenvalue weighted by Gasteiger charge is -2.16. The van der Waals surface area contributed by atoms with Crippen LogP contribution in [-0.4, -0.2) is 36.3 Å². The van der Waals surface area contributed by atoms with Crippen LogP contribution in [0.25, 0.3) is 17.2 Å². The van der Waals surface area contributed by atoms with Crippen LogP contribution in [0.2, 0.25) is 0 Å². The fourth-order valence-corrected chi connectivity index (χ4v) is 4.17. The lowest BCUT2D eigenvalue weighted by atomic mass is 9.85. The number of carbonyl (C=O) groups is 2. The average Bonchev–Trinajstić information content (AvgIpc) is 3.28. The maximum atomic E-state index is 14.1. The number of carbonyl (C=O) groups excluding carboxylic acids is 1. The maximum absolute atomic E-state index is 14.1. The number of aryl methyl sites for hydroxylation is 1. The normalized spacial score (nSPS) is 14.1. The van der Waals surface area contributed by atoms with E-state index >= 15 is 0 Å². The van der Waals surface area contributed by atoms with Crippen LogP contribution in [0.1, 0.15) is 41.2 Å². The topological polar surface area (TPSA) is 119 Å². The number of carboxylic acid groups (broad SMARTS) is 1. The molecule has 1 aliphatic heterocycles. The lowest BCUT2D eigenvalue weighted by molar-refractivity contribution is -0.119. The number of hydrogen-bond donors (Lipinski definition) is 2. The second kappa shape index (κ2) is 8.04. The van der Waals surface area contributed by atoms with Crippen molar-refractivity contribution < 1.29 is 32.6 Å². The molecular weight excluding hydrogens is 479 g/mol. The number of nitrogens with zero attached hydrogens (tertiary/aromatic N) is 4. The van der Waals surface area contributed by atoms with E-state index in [1.165, 1.54) is 10.5 Å². The van der Waals surface area contributed by atoms with E-state index < -0.39 is 46.9 Å². The highest BCUT2D eigenvalue weighted by atomic mass is 19.2. The molecule has 12 heteroatoms. The molecule has 0 spiro atoms. The van der Waals surface area contributed by atoms with Gasteiger partial charge in [-0.2, -0.15) is 0 Å². The highest BCUT2D eigenvalue weighted by molar-refractivity contribution is 6.08. The van der Waals surface area contributed by atoms with Crippen LogP contribution in [0.3, 0.4) is 0 Å². The Kier molecular flexibility index (Phi) is 5.20. The monoisotopic (exact) mass is 497 g/mol. The van der Waals surface area contributed by atoms with Crippen LogP contribution in [-0.2, 0) is 16.8 Å². The minimum absolute atomic E-state index is 0.00600. The van der Waals surface area contributed by atoms with Crippen LogP contribution in [0.15, 0.2) is 30.5 Å². The molecule has 4 heterocycles. The van der Waals surface area contributed by atoms with Gasteiger partial charge in [-0.25, -0.2) is 32.9 Å². The van der Waals surface area contributed by atoms with E-state index in [4.69, 9.17) is 4.74 Å². The predicted molar refractivity (Wildman–Crippen MR) is 120 cm³/mol. The third-order valence-corrected chi connectivity index (χ3v) is 6.05. The Morgan fingerprint density at radius 2 is 1.86 bits per heavy atom. The number of aromatic carboxylic acids is 1. The number of imidazole rings is 1. The molecule has 36 heavy (non-hydrogen) atoms. The number of anilines is 1. The van der Waals surface area contributed by atoms with Crippen molar-refractivity contribution in [2.75, 3.05) is 5.32 Å². The fourth-order valence-electron chi connectivity index (χ4n) is 4.17. The van der Waals surface area contributed by atoms with Crippen LogP contribution < -0.4 is 10.1 Å². The molecule has 0 saturated heterocycles. The van der Waals surface area contributed by atoms with Crippen molar-refractivity contribution in [1.29, 1.82) is 0 Å². The van der Waals surface area contributed by atoms with Crippen molar-refractivity contribution >= 4 is 23.3 Å². The quantitative estimate of drug-likeness (QED) is 0.400. The summed E-state index contributed by atoms with van der Waals surface area (Å²) in [6.07, 6.45) is 1.60. The molecule has 1 aromatic carbocycles. The molecule has 2 N–H and O–H groups in total. The Hall–Kier alpha value is -4.48. The van der Waals surface area contributed by atoms with E-state index in [1.54, 1.807) is 33.0 Å². The Labute approximate surface area is 201 Å². The number of benzene rings is 1. The number of halogens is 3. The molecule has 1 aliphatic rings. The molecular formula is C24H18F3N5O4. The van der Waals surface area contributed by atoms with Gasteiger partial charge in [-0.05, 0) is 45.0 Å². The van der Waals surface area contributed by atoms with E-state index in [2.05, 4.69) is 20.3 Å². The molecule has 0 atom stereocenters.